The molecule has 3 aromatic rings. The number of amides is 2. The number of carbonyl (C=O) groups is 2. The molecule has 2 aromatic heterocycles. The number of para-hydroxylation sites is 1. The van der Waals surface area contributed by atoms with Gasteiger partial charge in [0.05, 0.1) is 12.8 Å². The lowest BCUT2D eigenvalue weighted by Crippen LogP contribution is -2.50. The average Bonchev–Trinajstić information content (AvgIpc) is 3.41. The Balaban J connectivity index is 1.27. The summed E-state index contributed by atoms with van der Waals surface area (Å²) in [7, 11) is 0. The molecule has 2 amide bonds. The molecular formula is C22H24N4O5. The summed E-state index contributed by atoms with van der Waals surface area (Å²) in [5, 5.41) is 6.46. The third-order valence-electron chi connectivity index (χ3n) is 5.00. The smallest absolute Gasteiger partial charge is 0.290 e. The lowest BCUT2D eigenvalue weighted by atomic mass is 10.2. The van der Waals surface area contributed by atoms with Crippen molar-refractivity contribution >= 4 is 17.6 Å². The van der Waals surface area contributed by atoms with E-state index in [1.807, 2.05) is 35.2 Å². The highest BCUT2D eigenvalue weighted by molar-refractivity contribution is 5.93. The molecule has 1 N–H and O–H groups in total. The second kappa shape index (κ2) is 9.48. The normalized spacial score (nSPS) is 14.4. The van der Waals surface area contributed by atoms with Crippen LogP contribution in [0.25, 0.3) is 0 Å². The van der Waals surface area contributed by atoms with Crippen LogP contribution in [-0.4, -0.2) is 59.5 Å². The number of carbonyl (C=O) groups excluding carboxylic acids is 2. The highest BCUT2D eigenvalue weighted by Crippen LogP contribution is 2.18. The number of piperazine rings is 1. The Morgan fingerprint density at radius 2 is 1.90 bits per heavy atom. The fourth-order valence-corrected chi connectivity index (χ4v) is 3.38. The first-order chi connectivity index (χ1) is 15.1. The molecule has 1 saturated heterocycles. The fourth-order valence-electron chi connectivity index (χ4n) is 3.38. The van der Waals surface area contributed by atoms with E-state index in [-0.39, 0.29) is 25.0 Å². The van der Waals surface area contributed by atoms with Gasteiger partial charge in [-0.3, -0.25) is 14.5 Å². The number of anilines is 1. The van der Waals surface area contributed by atoms with E-state index >= 15 is 0 Å². The summed E-state index contributed by atoms with van der Waals surface area (Å²) in [5.41, 5.74) is 0.707. The molecule has 0 aliphatic carbocycles. The van der Waals surface area contributed by atoms with E-state index in [0.717, 1.165) is 5.75 Å². The molecule has 9 nitrogen and oxygen atoms in total. The van der Waals surface area contributed by atoms with Crippen molar-refractivity contribution in [3.05, 3.63) is 65.8 Å². The second-order valence-electron chi connectivity index (χ2n) is 7.32. The first-order valence-corrected chi connectivity index (χ1v) is 10.1. The minimum atomic E-state index is -0.168. The van der Waals surface area contributed by atoms with E-state index in [2.05, 4.69) is 10.5 Å². The molecule has 1 aromatic carbocycles. The quantitative estimate of drug-likeness (QED) is 0.622. The van der Waals surface area contributed by atoms with Crippen LogP contribution in [0.1, 0.15) is 21.9 Å². The Hall–Kier alpha value is -3.59. The minimum absolute atomic E-state index is 0.167. The average molecular weight is 424 g/mol. The van der Waals surface area contributed by atoms with Gasteiger partial charge in [0.1, 0.15) is 18.1 Å². The van der Waals surface area contributed by atoms with Crippen LogP contribution in [0.4, 0.5) is 5.82 Å². The summed E-state index contributed by atoms with van der Waals surface area (Å²) in [6.07, 6.45) is 1.50. The van der Waals surface area contributed by atoms with Gasteiger partial charge in [-0.2, -0.15) is 0 Å². The molecule has 31 heavy (non-hydrogen) atoms. The maximum Gasteiger partial charge on any atom is 0.290 e. The molecule has 0 unspecified atom stereocenters. The SMILES string of the molecule is Cc1cc(NC(=O)CN2CCN(C(=O)c3occc3COc3ccccc3)CC2)no1. The highest BCUT2D eigenvalue weighted by Gasteiger charge is 2.27. The highest BCUT2D eigenvalue weighted by atomic mass is 16.5. The molecule has 1 aliphatic rings. The van der Waals surface area contributed by atoms with E-state index < -0.39 is 0 Å². The maximum absolute atomic E-state index is 12.9. The summed E-state index contributed by atoms with van der Waals surface area (Å²) < 4.78 is 16.2. The summed E-state index contributed by atoms with van der Waals surface area (Å²) in [6.45, 7) is 4.44. The third-order valence-corrected chi connectivity index (χ3v) is 5.00. The Kier molecular flexibility index (Phi) is 6.32. The summed E-state index contributed by atoms with van der Waals surface area (Å²) in [5.74, 6) is 1.73. The van der Waals surface area contributed by atoms with Crippen LogP contribution >= 0.6 is 0 Å². The number of aryl methyl sites for hydroxylation is 1. The predicted molar refractivity (Wildman–Crippen MR) is 112 cm³/mol. The standard InChI is InChI=1S/C22H24N4O5/c1-16-13-19(24-31-16)23-20(27)14-25-8-10-26(11-9-25)22(28)21-17(7-12-29-21)15-30-18-5-3-2-4-6-18/h2-7,12-13H,8-11,14-15H2,1H3,(H,23,24,27). The number of nitrogens with one attached hydrogen (secondary N) is 1. The van der Waals surface area contributed by atoms with Crippen molar-refractivity contribution in [2.24, 2.45) is 0 Å². The Bertz CT molecular complexity index is 1020. The Morgan fingerprint density at radius 1 is 1.13 bits per heavy atom. The van der Waals surface area contributed by atoms with Gasteiger partial charge in [-0.05, 0) is 25.1 Å². The van der Waals surface area contributed by atoms with Crippen molar-refractivity contribution in [2.45, 2.75) is 13.5 Å². The van der Waals surface area contributed by atoms with Crippen molar-refractivity contribution < 1.29 is 23.3 Å². The van der Waals surface area contributed by atoms with Gasteiger partial charge in [0.25, 0.3) is 5.91 Å². The van der Waals surface area contributed by atoms with Crippen LogP contribution < -0.4 is 10.1 Å². The molecule has 0 radical (unpaired) electrons. The van der Waals surface area contributed by atoms with Crippen LogP contribution in [-0.2, 0) is 11.4 Å². The number of furan rings is 1. The van der Waals surface area contributed by atoms with Gasteiger partial charge in [-0.25, -0.2) is 0 Å². The molecule has 4 rings (SSSR count). The van der Waals surface area contributed by atoms with Crippen LogP contribution in [0, 0.1) is 6.92 Å². The summed E-state index contributed by atoms with van der Waals surface area (Å²) in [6, 6.07) is 12.8. The van der Waals surface area contributed by atoms with E-state index in [9.17, 15) is 9.59 Å². The van der Waals surface area contributed by atoms with Crippen molar-refractivity contribution in [2.75, 3.05) is 38.0 Å². The number of nitrogens with zero attached hydrogens (tertiary/aromatic N) is 3. The molecule has 1 aliphatic heterocycles. The van der Waals surface area contributed by atoms with Gasteiger partial charge < -0.3 is 23.9 Å². The molecule has 162 valence electrons. The van der Waals surface area contributed by atoms with Gasteiger partial charge in [0.2, 0.25) is 5.91 Å². The van der Waals surface area contributed by atoms with Gasteiger partial charge in [0, 0.05) is 37.8 Å². The fraction of sp³-hybridized carbons (Fsp3) is 0.318. The molecule has 3 heterocycles. The van der Waals surface area contributed by atoms with Crippen LogP contribution in [0.3, 0.4) is 0 Å². The van der Waals surface area contributed by atoms with E-state index in [1.165, 1.54) is 6.26 Å². The Labute approximate surface area is 179 Å². The van der Waals surface area contributed by atoms with Gasteiger partial charge in [-0.1, -0.05) is 23.4 Å². The number of hydrogen-bond donors (Lipinski definition) is 1. The zero-order valence-corrected chi connectivity index (χ0v) is 17.2. The minimum Gasteiger partial charge on any atom is -0.489 e. The molecule has 0 spiro atoms. The van der Waals surface area contributed by atoms with Gasteiger partial charge in [0.15, 0.2) is 11.6 Å². The molecule has 0 atom stereocenters. The van der Waals surface area contributed by atoms with Gasteiger partial charge in [-0.15, -0.1) is 0 Å². The Morgan fingerprint density at radius 3 is 2.61 bits per heavy atom. The number of benzene rings is 1. The first-order valence-electron chi connectivity index (χ1n) is 10.1. The first kappa shape index (κ1) is 20.7. The predicted octanol–water partition coefficient (Wildman–Crippen LogP) is 2.55. The zero-order valence-electron chi connectivity index (χ0n) is 17.2. The van der Waals surface area contributed by atoms with Crippen molar-refractivity contribution in [1.29, 1.82) is 0 Å². The molecule has 0 bridgehead atoms. The largest absolute Gasteiger partial charge is 0.489 e. The third kappa shape index (κ3) is 5.32. The zero-order chi connectivity index (χ0) is 21.6. The lowest BCUT2D eigenvalue weighted by Gasteiger charge is -2.33. The second-order valence-corrected chi connectivity index (χ2v) is 7.32. The van der Waals surface area contributed by atoms with Crippen LogP contribution in [0.2, 0.25) is 0 Å². The number of hydrogen-bond acceptors (Lipinski definition) is 7. The van der Waals surface area contributed by atoms with Crippen molar-refractivity contribution in [3.63, 3.8) is 0 Å². The van der Waals surface area contributed by atoms with E-state index in [0.29, 0.717) is 49.1 Å². The van der Waals surface area contributed by atoms with Crippen LogP contribution in [0.5, 0.6) is 5.75 Å². The maximum atomic E-state index is 12.9. The van der Waals surface area contributed by atoms with Gasteiger partial charge >= 0.3 is 0 Å². The summed E-state index contributed by atoms with van der Waals surface area (Å²) >= 11 is 0. The van der Waals surface area contributed by atoms with Crippen LogP contribution in [0.15, 0.2) is 57.7 Å². The summed E-state index contributed by atoms with van der Waals surface area (Å²) in [4.78, 5) is 28.8. The number of ether oxygens (including phenoxy) is 1. The van der Waals surface area contributed by atoms with E-state index in [4.69, 9.17) is 13.7 Å². The monoisotopic (exact) mass is 424 g/mol. The van der Waals surface area contributed by atoms with Crippen molar-refractivity contribution in [3.8, 4) is 5.75 Å². The molecule has 1 fully saturated rings. The molecular weight excluding hydrogens is 400 g/mol. The number of rotatable bonds is 7. The topological polar surface area (TPSA) is 101 Å². The van der Waals surface area contributed by atoms with E-state index in [1.54, 1.807) is 24.0 Å². The molecule has 0 saturated carbocycles. The van der Waals surface area contributed by atoms with Crippen molar-refractivity contribution in [1.82, 2.24) is 15.0 Å². The lowest BCUT2D eigenvalue weighted by molar-refractivity contribution is -0.117. The number of aromatic nitrogens is 1. The molecule has 9 heteroatoms.